The third kappa shape index (κ3) is 4.91. The van der Waals surface area contributed by atoms with Crippen LogP contribution < -0.4 is 0 Å². The van der Waals surface area contributed by atoms with E-state index in [1.165, 1.54) is 4.90 Å². The van der Waals surface area contributed by atoms with E-state index in [2.05, 4.69) is 5.10 Å². The number of carbonyl (C=O) groups is 2. The van der Waals surface area contributed by atoms with Gasteiger partial charge in [0.1, 0.15) is 6.61 Å². The summed E-state index contributed by atoms with van der Waals surface area (Å²) in [4.78, 5) is 27.6. The van der Waals surface area contributed by atoms with Crippen LogP contribution in [0.4, 0.5) is 31.1 Å². The van der Waals surface area contributed by atoms with Crippen LogP contribution in [0.15, 0.2) is 24.3 Å². The van der Waals surface area contributed by atoms with Gasteiger partial charge in [0.25, 0.3) is 5.91 Å². The molecule has 2 amide bonds. The Hall–Kier alpha value is -3.25. The highest BCUT2D eigenvalue weighted by Gasteiger charge is 2.37. The lowest BCUT2D eigenvalue weighted by atomic mass is 10.1. The molecule has 1 aromatic carbocycles. The Balaban J connectivity index is 1.42. The van der Waals surface area contributed by atoms with Crippen LogP contribution in [0.5, 0.6) is 0 Å². The summed E-state index contributed by atoms with van der Waals surface area (Å²) in [7, 11) is 0. The van der Waals surface area contributed by atoms with E-state index in [-0.39, 0.29) is 37.3 Å². The molecule has 13 heteroatoms. The van der Waals surface area contributed by atoms with Gasteiger partial charge in [-0.1, -0.05) is 0 Å². The molecule has 4 rings (SSSR count). The number of ether oxygens (including phenoxy) is 1. The van der Waals surface area contributed by atoms with Gasteiger partial charge < -0.3 is 14.5 Å². The fourth-order valence-electron chi connectivity index (χ4n) is 3.55. The maximum Gasteiger partial charge on any atom is 0.416 e. The number of likely N-dealkylation sites (tertiary alicyclic amines) is 1. The van der Waals surface area contributed by atoms with E-state index in [9.17, 15) is 35.9 Å². The number of hydrogen-bond donors (Lipinski definition) is 0. The Morgan fingerprint density at radius 3 is 2.06 bits per heavy atom. The lowest BCUT2D eigenvalue weighted by Gasteiger charge is -2.29. The van der Waals surface area contributed by atoms with Gasteiger partial charge in [-0.15, -0.1) is 0 Å². The standard InChI is InChI=1S/C20H18F6N4O3/c21-19(22,23)13-6-12(7-14(8-13)20(24,25)26)11-33-18(32)29-4-5-30-15(10-29)9-16(27-30)17(31)28-2-1-3-28/h6-9H,1-5,10-11H2. The van der Waals surface area contributed by atoms with Crippen LogP contribution >= 0.6 is 0 Å². The van der Waals surface area contributed by atoms with E-state index >= 15 is 0 Å². The number of aromatic nitrogens is 2. The van der Waals surface area contributed by atoms with E-state index < -0.39 is 41.7 Å². The molecule has 1 saturated heterocycles. The van der Waals surface area contributed by atoms with Crippen LogP contribution in [0, 0.1) is 0 Å². The van der Waals surface area contributed by atoms with Gasteiger partial charge in [-0.05, 0) is 36.2 Å². The first-order valence-corrected chi connectivity index (χ1v) is 9.98. The average molecular weight is 476 g/mol. The number of nitrogens with zero attached hydrogens (tertiary/aromatic N) is 4. The predicted octanol–water partition coefficient (Wildman–Crippen LogP) is 3.92. The second kappa shape index (κ2) is 8.27. The van der Waals surface area contributed by atoms with E-state index in [1.54, 1.807) is 15.6 Å². The number of halogens is 6. The zero-order chi connectivity index (χ0) is 24.0. The summed E-state index contributed by atoms with van der Waals surface area (Å²) in [6.07, 6.45) is -9.95. The molecule has 2 aromatic rings. The Morgan fingerprint density at radius 1 is 0.879 bits per heavy atom. The zero-order valence-electron chi connectivity index (χ0n) is 17.0. The molecule has 2 aliphatic rings. The fourth-order valence-corrected chi connectivity index (χ4v) is 3.55. The number of benzene rings is 1. The molecule has 7 nitrogen and oxygen atoms in total. The first kappa shape index (κ1) is 22.9. The van der Waals surface area contributed by atoms with Crippen molar-refractivity contribution in [2.24, 2.45) is 0 Å². The molecule has 178 valence electrons. The Morgan fingerprint density at radius 2 is 1.52 bits per heavy atom. The summed E-state index contributed by atoms with van der Waals surface area (Å²) in [6, 6.07) is 2.60. The van der Waals surface area contributed by atoms with E-state index in [0.29, 0.717) is 30.9 Å². The van der Waals surface area contributed by atoms with Gasteiger partial charge in [-0.2, -0.15) is 31.4 Å². The average Bonchev–Trinajstić information content (AvgIpc) is 3.12. The highest BCUT2D eigenvalue weighted by molar-refractivity contribution is 5.92. The number of alkyl halides is 6. The van der Waals surface area contributed by atoms with Crippen LogP contribution in [0.25, 0.3) is 0 Å². The molecule has 0 radical (unpaired) electrons. The monoisotopic (exact) mass is 476 g/mol. The normalized spacial score (nSPS) is 16.3. The molecule has 0 spiro atoms. The fraction of sp³-hybridized carbons (Fsp3) is 0.450. The van der Waals surface area contributed by atoms with Crippen LogP contribution in [-0.2, 0) is 36.8 Å². The summed E-state index contributed by atoms with van der Waals surface area (Å²) in [5.74, 6) is -0.206. The van der Waals surface area contributed by atoms with Gasteiger partial charge in [-0.3, -0.25) is 9.48 Å². The molecular weight excluding hydrogens is 458 g/mol. The molecule has 1 fully saturated rings. The number of carbonyl (C=O) groups excluding carboxylic acids is 2. The van der Waals surface area contributed by atoms with Gasteiger partial charge in [0, 0.05) is 19.6 Å². The second-order valence-electron chi connectivity index (χ2n) is 7.78. The first-order valence-electron chi connectivity index (χ1n) is 9.98. The topological polar surface area (TPSA) is 67.7 Å². The van der Waals surface area contributed by atoms with Gasteiger partial charge in [-0.25, -0.2) is 4.79 Å². The minimum atomic E-state index is -4.99. The van der Waals surface area contributed by atoms with Crippen molar-refractivity contribution in [3.05, 3.63) is 52.3 Å². The maximum atomic E-state index is 13.0. The van der Waals surface area contributed by atoms with Gasteiger partial charge in [0.15, 0.2) is 5.69 Å². The van der Waals surface area contributed by atoms with Gasteiger partial charge in [0.05, 0.1) is 29.9 Å². The van der Waals surface area contributed by atoms with Crippen molar-refractivity contribution >= 4 is 12.0 Å². The van der Waals surface area contributed by atoms with Gasteiger partial charge >= 0.3 is 18.4 Å². The highest BCUT2D eigenvalue weighted by atomic mass is 19.4. The van der Waals surface area contributed by atoms with E-state index in [1.807, 2.05) is 0 Å². The van der Waals surface area contributed by atoms with Crippen molar-refractivity contribution in [1.29, 1.82) is 0 Å². The third-order valence-corrected chi connectivity index (χ3v) is 5.43. The van der Waals surface area contributed by atoms with Crippen LogP contribution in [0.1, 0.15) is 39.3 Å². The first-order chi connectivity index (χ1) is 15.4. The van der Waals surface area contributed by atoms with Gasteiger partial charge in [0.2, 0.25) is 0 Å². The molecule has 0 atom stereocenters. The van der Waals surface area contributed by atoms with Crippen molar-refractivity contribution in [2.75, 3.05) is 19.6 Å². The lowest BCUT2D eigenvalue weighted by molar-refractivity contribution is -0.143. The number of fused-ring (bicyclic) bond motifs is 1. The van der Waals surface area contributed by atoms with Crippen molar-refractivity contribution in [3.8, 4) is 0 Å². The van der Waals surface area contributed by atoms with Crippen molar-refractivity contribution < 1.29 is 40.7 Å². The molecule has 0 bridgehead atoms. The van der Waals surface area contributed by atoms with E-state index in [4.69, 9.17) is 4.74 Å². The van der Waals surface area contributed by atoms with Crippen LogP contribution in [-0.4, -0.2) is 51.2 Å². The largest absolute Gasteiger partial charge is 0.445 e. The third-order valence-electron chi connectivity index (χ3n) is 5.43. The molecule has 2 aliphatic heterocycles. The summed E-state index contributed by atoms with van der Waals surface area (Å²) >= 11 is 0. The molecule has 33 heavy (non-hydrogen) atoms. The van der Waals surface area contributed by atoms with Crippen molar-refractivity contribution in [2.45, 2.75) is 38.5 Å². The molecule has 3 heterocycles. The SMILES string of the molecule is O=C(OCc1cc(C(F)(F)F)cc(C(F)(F)F)c1)N1CCn2nc(C(=O)N3CCC3)cc2C1. The minimum absolute atomic E-state index is 0.0101. The lowest BCUT2D eigenvalue weighted by Crippen LogP contribution is -2.42. The highest BCUT2D eigenvalue weighted by Crippen LogP contribution is 2.36. The number of rotatable bonds is 3. The molecule has 1 aromatic heterocycles. The smallest absolute Gasteiger partial charge is 0.416 e. The maximum absolute atomic E-state index is 13.0. The van der Waals surface area contributed by atoms with Crippen LogP contribution in [0.2, 0.25) is 0 Å². The molecule has 0 saturated carbocycles. The molecular formula is C20H18F6N4O3. The van der Waals surface area contributed by atoms with E-state index in [0.717, 1.165) is 6.42 Å². The Kier molecular flexibility index (Phi) is 5.74. The van der Waals surface area contributed by atoms with Crippen molar-refractivity contribution in [1.82, 2.24) is 19.6 Å². The Labute approximate surface area is 183 Å². The molecule has 0 N–H and O–H groups in total. The minimum Gasteiger partial charge on any atom is -0.445 e. The summed E-state index contributed by atoms with van der Waals surface area (Å²) < 4.78 is 84.5. The zero-order valence-corrected chi connectivity index (χ0v) is 17.0. The summed E-state index contributed by atoms with van der Waals surface area (Å²) in [5.41, 5.74) is -2.58. The van der Waals surface area contributed by atoms with Crippen LogP contribution in [0.3, 0.4) is 0 Å². The summed E-state index contributed by atoms with van der Waals surface area (Å²) in [6.45, 7) is 1.01. The molecule has 0 unspecified atom stereocenters. The predicted molar refractivity (Wildman–Crippen MR) is 99.8 cm³/mol. The second-order valence-corrected chi connectivity index (χ2v) is 7.78. The molecule has 0 aliphatic carbocycles. The van der Waals surface area contributed by atoms with Crippen molar-refractivity contribution in [3.63, 3.8) is 0 Å². The Bertz CT molecular complexity index is 1040. The number of hydrogen-bond acceptors (Lipinski definition) is 4. The number of amides is 2. The summed E-state index contributed by atoms with van der Waals surface area (Å²) in [5, 5.41) is 4.24. The quantitative estimate of drug-likeness (QED) is 0.630.